The molecule has 0 atom stereocenters. The van der Waals surface area contributed by atoms with Gasteiger partial charge in [0.15, 0.2) is 0 Å². The van der Waals surface area contributed by atoms with E-state index in [1.807, 2.05) is 6.07 Å². The fourth-order valence-electron chi connectivity index (χ4n) is 0.757. The predicted molar refractivity (Wildman–Crippen MR) is 52.2 cm³/mol. The van der Waals surface area contributed by atoms with E-state index in [4.69, 9.17) is 9.90 Å². The van der Waals surface area contributed by atoms with Crippen LogP contribution in [0.25, 0.3) is 0 Å². The summed E-state index contributed by atoms with van der Waals surface area (Å²) in [6.45, 7) is 1.90. The molecule has 3 heteroatoms. The maximum atomic E-state index is 8.36. The van der Waals surface area contributed by atoms with Crippen LogP contribution >= 0.6 is 15.9 Å². The van der Waals surface area contributed by atoms with Crippen LogP contribution in [-0.4, -0.2) is 11.6 Å². The predicted octanol–water partition coefficient (Wildman–Crippen LogP) is 2.71. The van der Waals surface area contributed by atoms with Crippen molar-refractivity contribution < 1.29 is 9.90 Å². The number of halogens is 1. The molecule has 0 bridgehead atoms. The number of hydrogen-bond acceptors (Lipinski definition) is 1. The van der Waals surface area contributed by atoms with Gasteiger partial charge >= 0.3 is 0 Å². The summed E-state index contributed by atoms with van der Waals surface area (Å²) in [6, 6.07) is 8.37. The topological polar surface area (TPSA) is 37.3 Å². The molecule has 0 fully saturated rings. The average molecular weight is 231 g/mol. The first-order valence-electron chi connectivity index (χ1n) is 3.56. The first kappa shape index (κ1) is 11.2. The molecule has 0 aliphatic carbocycles. The summed E-state index contributed by atoms with van der Waals surface area (Å²) >= 11 is 3.40. The second-order valence-electron chi connectivity index (χ2n) is 2.09. The van der Waals surface area contributed by atoms with E-state index in [1.165, 1.54) is 10.0 Å². The van der Waals surface area contributed by atoms with E-state index in [2.05, 4.69) is 41.1 Å². The van der Waals surface area contributed by atoms with E-state index in [9.17, 15) is 0 Å². The van der Waals surface area contributed by atoms with Crippen molar-refractivity contribution in [3.8, 4) is 0 Å². The van der Waals surface area contributed by atoms with Gasteiger partial charge in [-0.05, 0) is 24.1 Å². The summed E-state index contributed by atoms with van der Waals surface area (Å²) < 4.78 is 1.17. The quantitative estimate of drug-likeness (QED) is 0.754. The first-order valence-corrected chi connectivity index (χ1v) is 4.36. The molecule has 1 aromatic rings. The van der Waals surface area contributed by atoms with Crippen LogP contribution in [0.3, 0.4) is 0 Å². The molecule has 1 N–H and O–H groups in total. The fraction of sp³-hybridized carbons (Fsp3) is 0.222. The molecule has 0 aliphatic rings. The highest BCUT2D eigenvalue weighted by Crippen LogP contribution is 2.11. The molecule has 0 saturated heterocycles. The molecule has 0 radical (unpaired) electrons. The molecule has 0 aliphatic heterocycles. The van der Waals surface area contributed by atoms with Gasteiger partial charge in [-0.2, -0.15) is 0 Å². The van der Waals surface area contributed by atoms with Crippen molar-refractivity contribution in [3.63, 3.8) is 0 Å². The van der Waals surface area contributed by atoms with Gasteiger partial charge in [0, 0.05) is 4.47 Å². The molecular formula is C9H11BrO2. The Labute approximate surface area is 80.4 Å². The highest BCUT2D eigenvalue weighted by Gasteiger charge is 1.87. The number of carbonyl (C=O) groups is 1. The number of carboxylic acid groups (broad SMARTS) is 1. The van der Waals surface area contributed by atoms with Crippen molar-refractivity contribution in [3.05, 3.63) is 34.3 Å². The summed E-state index contributed by atoms with van der Waals surface area (Å²) in [4.78, 5) is 8.36. The number of benzene rings is 1. The lowest BCUT2D eigenvalue weighted by Gasteiger charge is -1.94. The van der Waals surface area contributed by atoms with Crippen LogP contribution in [0.4, 0.5) is 0 Å². The third-order valence-electron chi connectivity index (χ3n) is 1.30. The molecule has 0 spiro atoms. The van der Waals surface area contributed by atoms with Gasteiger partial charge in [-0.15, -0.1) is 0 Å². The molecule has 1 aromatic carbocycles. The normalized spacial score (nSPS) is 8.17. The summed E-state index contributed by atoms with van der Waals surface area (Å²) in [5.41, 5.74) is 1.38. The van der Waals surface area contributed by atoms with Gasteiger partial charge in [0.2, 0.25) is 0 Å². The molecule has 0 heterocycles. The minimum Gasteiger partial charge on any atom is -0.483 e. The second-order valence-corrected chi connectivity index (χ2v) is 3.00. The highest BCUT2D eigenvalue weighted by atomic mass is 79.9. The lowest BCUT2D eigenvalue weighted by Crippen LogP contribution is -1.76. The number of aryl methyl sites for hydroxylation is 1. The van der Waals surface area contributed by atoms with E-state index in [0.717, 1.165) is 6.42 Å². The van der Waals surface area contributed by atoms with E-state index < -0.39 is 0 Å². The van der Waals surface area contributed by atoms with Crippen molar-refractivity contribution >= 4 is 22.4 Å². The second kappa shape index (κ2) is 6.85. The molecule has 0 saturated carbocycles. The highest BCUT2D eigenvalue weighted by molar-refractivity contribution is 9.10. The van der Waals surface area contributed by atoms with E-state index >= 15 is 0 Å². The Bertz CT molecular complexity index is 236. The van der Waals surface area contributed by atoms with Gasteiger partial charge in [0.05, 0.1) is 0 Å². The summed E-state index contributed by atoms with van der Waals surface area (Å²) in [6.07, 6.45) is 1.11. The molecule has 12 heavy (non-hydrogen) atoms. The minimum absolute atomic E-state index is 0.250. The number of rotatable bonds is 1. The van der Waals surface area contributed by atoms with Crippen LogP contribution in [0.5, 0.6) is 0 Å². The molecule has 66 valence electrons. The first-order chi connectivity index (χ1) is 5.74. The molecule has 0 unspecified atom stereocenters. The van der Waals surface area contributed by atoms with Crippen molar-refractivity contribution in [2.24, 2.45) is 0 Å². The van der Waals surface area contributed by atoms with E-state index in [-0.39, 0.29) is 6.47 Å². The molecule has 2 nitrogen and oxygen atoms in total. The van der Waals surface area contributed by atoms with Gasteiger partial charge in [0.1, 0.15) is 0 Å². The van der Waals surface area contributed by atoms with Gasteiger partial charge in [-0.3, -0.25) is 4.79 Å². The smallest absolute Gasteiger partial charge is 0.290 e. The Kier molecular flexibility index (Phi) is 6.38. The summed E-state index contributed by atoms with van der Waals surface area (Å²) in [5.74, 6) is 0. The molecule has 0 aromatic heterocycles. The van der Waals surface area contributed by atoms with Crippen LogP contribution in [-0.2, 0) is 11.2 Å². The van der Waals surface area contributed by atoms with Crippen molar-refractivity contribution in [2.45, 2.75) is 13.3 Å². The van der Waals surface area contributed by atoms with Gasteiger partial charge < -0.3 is 5.11 Å². The van der Waals surface area contributed by atoms with Gasteiger partial charge in [-0.1, -0.05) is 35.0 Å². The largest absolute Gasteiger partial charge is 0.483 e. The van der Waals surface area contributed by atoms with Crippen LogP contribution in [0.2, 0.25) is 0 Å². The van der Waals surface area contributed by atoms with E-state index in [0.29, 0.717) is 0 Å². The molecular weight excluding hydrogens is 220 g/mol. The van der Waals surface area contributed by atoms with Crippen LogP contribution in [0, 0.1) is 0 Å². The fourth-order valence-corrected chi connectivity index (χ4v) is 1.20. The zero-order valence-corrected chi connectivity index (χ0v) is 8.41. The maximum Gasteiger partial charge on any atom is 0.290 e. The number of hydrogen-bond donors (Lipinski definition) is 1. The zero-order valence-electron chi connectivity index (χ0n) is 6.83. The van der Waals surface area contributed by atoms with Gasteiger partial charge in [-0.25, -0.2) is 0 Å². The summed E-state index contributed by atoms with van der Waals surface area (Å²) in [7, 11) is 0. The standard InChI is InChI=1S/C8H9Br.CH2O2/c1-2-7-4-3-5-8(9)6-7;2-1-3/h3-6H,2H2,1H3;1H,(H,2,3). The Hall–Kier alpha value is -0.830. The Morgan fingerprint density at radius 2 is 2.17 bits per heavy atom. The van der Waals surface area contributed by atoms with Gasteiger partial charge in [0.25, 0.3) is 6.47 Å². The Morgan fingerprint density at radius 3 is 2.50 bits per heavy atom. The van der Waals surface area contributed by atoms with Crippen molar-refractivity contribution in [2.75, 3.05) is 0 Å². The zero-order chi connectivity index (χ0) is 9.40. The van der Waals surface area contributed by atoms with Crippen LogP contribution < -0.4 is 0 Å². The maximum absolute atomic E-state index is 8.36. The SMILES string of the molecule is CCc1cccc(Br)c1.O=CO. The van der Waals surface area contributed by atoms with Crippen molar-refractivity contribution in [1.82, 2.24) is 0 Å². The lowest BCUT2D eigenvalue weighted by atomic mass is 10.2. The summed E-state index contributed by atoms with van der Waals surface area (Å²) in [5, 5.41) is 6.89. The lowest BCUT2D eigenvalue weighted by molar-refractivity contribution is -0.122. The molecule has 0 amide bonds. The Balaban J connectivity index is 0.000000354. The average Bonchev–Trinajstić information content (AvgIpc) is 2.06. The molecule has 1 rings (SSSR count). The van der Waals surface area contributed by atoms with Crippen LogP contribution in [0.1, 0.15) is 12.5 Å². The monoisotopic (exact) mass is 230 g/mol. The third kappa shape index (κ3) is 4.91. The van der Waals surface area contributed by atoms with Crippen LogP contribution in [0.15, 0.2) is 28.7 Å². The Morgan fingerprint density at radius 1 is 1.58 bits per heavy atom. The minimum atomic E-state index is -0.250. The van der Waals surface area contributed by atoms with Crippen molar-refractivity contribution in [1.29, 1.82) is 0 Å². The third-order valence-corrected chi connectivity index (χ3v) is 1.79. The van der Waals surface area contributed by atoms with E-state index in [1.54, 1.807) is 0 Å².